The van der Waals surface area contributed by atoms with Crippen molar-refractivity contribution in [2.45, 2.75) is 25.0 Å². The minimum absolute atomic E-state index is 0.286. The third kappa shape index (κ3) is 2.97. The standard InChI is InChI=1S/C12H13NO6S/c1-18-12(17)9-6(4-5-20-9)13-10(14)7-2-3-8(19-7)11(15)16/h4-5,7-8H,2-3H2,1H3,(H,13,14)(H,15,16). The lowest BCUT2D eigenvalue weighted by Crippen LogP contribution is -2.30. The first-order valence-electron chi connectivity index (χ1n) is 5.88. The Bertz CT molecular complexity index is 540. The second-order valence-corrected chi connectivity index (χ2v) is 5.09. The first-order chi connectivity index (χ1) is 9.52. The molecule has 1 aromatic heterocycles. The molecule has 2 atom stereocenters. The molecule has 0 aliphatic carbocycles. The highest BCUT2D eigenvalue weighted by atomic mass is 32.1. The van der Waals surface area contributed by atoms with E-state index in [4.69, 9.17) is 9.84 Å². The normalized spacial score (nSPS) is 21.4. The largest absolute Gasteiger partial charge is 0.479 e. The number of anilines is 1. The Hall–Kier alpha value is -1.93. The number of aliphatic carboxylic acids is 1. The van der Waals surface area contributed by atoms with Crippen molar-refractivity contribution < 1.29 is 29.0 Å². The van der Waals surface area contributed by atoms with Gasteiger partial charge in [0.1, 0.15) is 11.0 Å². The third-order valence-electron chi connectivity index (χ3n) is 2.88. The van der Waals surface area contributed by atoms with Crippen LogP contribution in [0.1, 0.15) is 22.5 Å². The van der Waals surface area contributed by atoms with E-state index in [1.807, 2.05) is 0 Å². The molecule has 1 aromatic rings. The third-order valence-corrected chi connectivity index (χ3v) is 3.78. The summed E-state index contributed by atoms with van der Waals surface area (Å²) in [6.45, 7) is 0. The van der Waals surface area contributed by atoms with Crippen molar-refractivity contribution in [1.82, 2.24) is 0 Å². The summed E-state index contributed by atoms with van der Waals surface area (Å²) < 4.78 is 9.74. The monoisotopic (exact) mass is 299 g/mol. The summed E-state index contributed by atoms with van der Waals surface area (Å²) in [4.78, 5) is 34.5. The van der Waals surface area contributed by atoms with E-state index in [1.54, 1.807) is 11.4 Å². The summed E-state index contributed by atoms with van der Waals surface area (Å²) in [6.07, 6.45) is -1.14. The van der Waals surface area contributed by atoms with E-state index in [0.717, 1.165) is 11.3 Å². The fourth-order valence-electron chi connectivity index (χ4n) is 1.88. The fourth-order valence-corrected chi connectivity index (χ4v) is 2.65. The van der Waals surface area contributed by atoms with Gasteiger partial charge in [0.25, 0.3) is 5.91 Å². The maximum atomic E-state index is 12.0. The molecule has 0 saturated carbocycles. The number of esters is 1. The summed E-state index contributed by atoms with van der Waals surface area (Å²) in [5.74, 6) is -2.07. The van der Waals surface area contributed by atoms with Crippen molar-refractivity contribution >= 4 is 34.9 Å². The van der Waals surface area contributed by atoms with Crippen molar-refractivity contribution in [2.75, 3.05) is 12.4 Å². The van der Waals surface area contributed by atoms with E-state index in [1.165, 1.54) is 7.11 Å². The van der Waals surface area contributed by atoms with Crippen molar-refractivity contribution in [3.8, 4) is 0 Å². The molecule has 108 valence electrons. The molecule has 20 heavy (non-hydrogen) atoms. The minimum Gasteiger partial charge on any atom is -0.479 e. The van der Waals surface area contributed by atoms with Crippen LogP contribution in [0.25, 0.3) is 0 Å². The summed E-state index contributed by atoms with van der Waals surface area (Å²) in [5.41, 5.74) is 0.342. The van der Waals surface area contributed by atoms with Crippen LogP contribution in [0.5, 0.6) is 0 Å². The molecule has 2 N–H and O–H groups in total. The van der Waals surface area contributed by atoms with Gasteiger partial charge >= 0.3 is 11.9 Å². The van der Waals surface area contributed by atoms with E-state index in [2.05, 4.69) is 10.1 Å². The Labute approximate surface area is 118 Å². The number of ether oxygens (including phenoxy) is 2. The summed E-state index contributed by atoms with van der Waals surface area (Å²) in [7, 11) is 1.26. The van der Waals surface area contributed by atoms with Gasteiger partial charge in [0, 0.05) is 0 Å². The number of carboxylic acids is 1. The highest BCUT2D eigenvalue weighted by Gasteiger charge is 2.35. The summed E-state index contributed by atoms with van der Waals surface area (Å²) in [6, 6.07) is 1.58. The van der Waals surface area contributed by atoms with Crippen molar-refractivity contribution in [3.05, 3.63) is 16.3 Å². The van der Waals surface area contributed by atoms with Crippen LogP contribution in [0, 0.1) is 0 Å². The molecule has 0 aromatic carbocycles. The zero-order valence-corrected chi connectivity index (χ0v) is 11.4. The number of methoxy groups -OCH3 is 1. The van der Waals surface area contributed by atoms with Gasteiger partial charge in [-0.3, -0.25) is 4.79 Å². The first-order valence-corrected chi connectivity index (χ1v) is 6.76. The highest BCUT2D eigenvalue weighted by molar-refractivity contribution is 7.12. The molecule has 0 radical (unpaired) electrons. The van der Waals surface area contributed by atoms with Crippen LogP contribution < -0.4 is 5.32 Å². The van der Waals surface area contributed by atoms with Gasteiger partial charge in [0.2, 0.25) is 0 Å². The van der Waals surface area contributed by atoms with Gasteiger partial charge in [-0.05, 0) is 24.3 Å². The number of nitrogens with one attached hydrogen (secondary N) is 1. The van der Waals surface area contributed by atoms with Crippen molar-refractivity contribution in [1.29, 1.82) is 0 Å². The lowest BCUT2D eigenvalue weighted by Gasteiger charge is -2.11. The zero-order valence-electron chi connectivity index (χ0n) is 10.6. The molecular weight excluding hydrogens is 286 g/mol. The van der Waals surface area contributed by atoms with E-state index in [9.17, 15) is 14.4 Å². The molecule has 2 rings (SSSR count). The minimum atomic E-state index is -1.08. The maximum Gasteiger partial charge on any atom is 0.350 e. The van der Waals surface area contributed by atoms with Crippen LogP contribution in [0.15, 0.2) is 11.4 Å². The SMILES string of the molecule is COC(=O)c1sccc1NC(=O)C1CCC(C(=O)O)O1. The summed E-state index contributed by atoms with van der Waals surface area (Å²) >= 11 is 1.15. The molecular formula is C12H13NO6S. The smallest absolute Gasteiger partial charge is 0.350 e. The van der Waals surface area contributed by atoms with Crippen LogP contribution in [0.3, 0.4) is 0 Å². The average molecular weight is 299 g/mol. The quantitative estimate of drug-likeness (QED) is 0.807. The predicted octanol–water partition coefficient (Wildman–Crippen LogP) is 1.11. The lowest BCUT2D eigenvalue weighted by molar-refractivity contribution is -0.150. The van der Waals surface area contributed by atoms with Gasteiger partial charge in [0.15, 0.2) is 6.10 Å². The van der Waals surface area contributed by atoms with Crippen LogP contribution in [-0.2, 0) is 19.1 Å². The molecule has 0 spiro atoms. The van der Waals surface area contributed by atoms with E-state index >= 15 is 0 Å². The molecule has 0 bridgehead atoms. The molecule has 1 aliphatic heterocycles. The number of hydrogen-bond acceptors (Lipinski definition) is 6. The van der Waals surface area contributed by atoms with Gasteiger partial charge in [-0.2, -0.15) is 0 Å². The predicted molar refractivity (Wildman–Crippen MR) is 69.8 cm³/mol. The van der Waals surface area contributed by atoms with Gasteiger partial charge in [-0.1, -0.05) is 0 Å². The van der Waals surface area contributed by atoms with Gasteiger partial charge in [0.05, 0.1) is 12.8 Å². The lowest BCUT2D eigenvalue weighted by atomic mass is 10.2. The Kier molecular flexibility index (Phi) is 4.35. The van der Waals surface area contributed by atoms with Crippen molar-refractivity contribution in [3.63, 3.8) is 0 Å². The Morgan fingerprint density at radius 3 is 2.70 bits per heavy atom. The molecule has 8 heteroatoms. The number of hydrogen-bond donors (Lipinski definition) is 2. The molecule has 2 unspecified atom stereocenters. The molecule has 7 nitrogen and oxygen atoms in total. The average Bonchev–Trinajstić information content (AvgIpc) is 3.06. The van der Waals surface area contributed by atoms with Gasteiger partial charge < -0.3 is 19.9 Å². The first kappa shape index (κ1) is 14.5. The van der Waals surface area contributed by atoms with Gasteiger partial charge in [-0.25, -0.2) is 9.59 Å². The fraction of sp³-hybridized carbons (Fsp3) is 0.417. The van der Waals surface area contributed by atoms with Crippen LogP contribution >= 0.6 is 11.3 Å². The second kappa shape index (κ2) is 6.02. The molecule has 2 heterocycles. The maximum absolute atomic E-state index is 12.0. The number of rotatable bonds is 4. The number of amides is 1. The number of thiophene rings is 1. The number of carboxylic acid groups (broad SMARTS) is 1. The highest BCUT2D eigenvalue weighted by Crippen LogP contribution is 2.25. The van der Waals surface area contributed by atoms with Crippen LogP contribution in [-0.4, -0.2) is 42.3 Å². The number of carbonyl (C=O) groups is 3. The summed E-state index contributed by atoms with van der Waals surface area (Å²) in [5, 5.41) is 13.0. The van der Waals surface area contributed by atoms with Crippen molar-refractivity contribution in [2.24, 2.45) is 0 Å². The molecule has 1 fully saturated rings. The number of carbonyl (C=O) groups excluding carboxylic acids is 2. The van der Waals surface area contributed by atoms with Crippen LogP contribution in [0.4, 0.5) is 5.69 Å². The Morgan fingerprint density at radius 2 is 2.10 bits per heavy atom. The van der Waals surface area contributed by atoms with Crippen LogP contribution in [0.2, 0.25) is 0 Å². The van der Waals surface area contributed by atoms with Gasteiger partial charge in [-0.15, -0.1) is 11.3 Å². The molecule has 1 amide bonds. The Balaban J connectivity index is 2.01. The zero-order chi connectivity index (χ0) is 14.7. The van der Waals surface area contributed by atoms with E-state index < -0.39 is 30.1 Å². The molecule has 1 aliphatic rings. The molecule has 1 saturated heterocycles. The van der Waals surface area contributed by atoms with E-state index in [0.29, 0.717) is 18.5 Å². The topological polar surface area (TPSA) is 102 Å². The second-order valence-electron chi connectivity index (χ2n) is 4.17. The van der Waals surface area contributed by atoms with E-state index in [-0.39, 0.29) is 4.88 Å². The Morgan fingerprint density at radius 1 is 1.40 bits per heavy atom.